The van der Waals surface area contributed by atoms with E-state index in [-0.39, 0.29) is 11.7 Å². The van der Waals surface area contributed by atoms with Crippen molar-refractivity contribution in [2.45, 2.75) is 27.7 Å². The molecule has 0 aliphatic heterocycles. The zero-order valence-corrected chi connectivity index (χ0v) is 9.59. The number of rotatable bonds is 4. The van der Waals surface area contributed by atoms with Crippen molar-refractivity contribution in [1.29, 1.82) is 10.8 Å². The van der Waals surface area contributed by atoms with Crippen LogP contribution in [0.4, 0.5) is 0 Å². The molecule has 0 unspecified atom stereocenters. The summed E-state index contributed by atoms with van der Waals surface area (Å²) in [6.07, 6.45) is 0. The molecule has 0 atom stereocenters. The quantitative estimate of drug-likeness (QED) is 0.473. The lowest BCUT2D eigenvalue weighted by Crippen LogP contribution is -2.43. The third-order valence-corrected chi connectivity index (χ3v) is 1.74. The minimum atomic E-state index is -0.147. The Labute approximate surface area is 86.5 Å². The Bertz CT molecular complexity index is 198. The van der Waals surface area contributed by atoms with Crippen molar-refractivity contribution in [3.63, 3.8) is 0 Å². The van der Waals surface area contributed by atoms with E-state index in [1.165, 1.54) is 0 Å². The fourth-order valence-electron chi connectivity index (χ4n) is 1.31. The highest BCUT2D eigenvalue weighted by molar-refractivity contribution is 6.37. The standard InChI is InChI=1S/C10H22N4/c1-7(2)5-14(6-8(3)4)10(13)9(11)12/h7-8,13H,5-6H2,1-4H3,(H3,11,12). The number of hydrogen-bond acceptors (Lipinski definition) is 2. The lowest BCUT2D eigenvalue weighted by Gasteiger charge is -2.27. The van der Waals surface area contributed by atoms with Crippen molar-refractivity contribution in [2.24, 2.45) is 17.6 Å². The second kappa shape index (κ2) is 5.62. The second-order valence-corrected chi connectivity index (χ2v) is 4.45. The highest BCUT2D eigenvalue weighted by atomic mass is 15.2. The van der Waals surface area contributed by atoms with E-state index in [9.17, 15) is 0 Å². The van der Waals surface area contributed by atoms with E-state index >= 15 is 0 Å². The lowest BCUT2D eigenvalue weighted by molar-refractivity contribution is 0.329. The SMILES string of the molecule is CC(C)CN(CC(C)C)C(=N)C(=N)N. The van der Waals surface area contributed by atoms with Gasteiger partial charge in [-0.3, -0.25) is 10.8 Å². The Morgan fingerprint density at radius 3 is 1.64 bits per heavy atom. The molecule has 0 aliphatic rings. The van der Waals surface area contributed by atoms with Gasteiger partial charge in [-0.15, -0.1) is 0 Å². The summed E-state index contributed by atoms with van der Waals surface area (Å²) in [5.41, 5.74) is 5.31. The van der Waals surface area contributed by atoms with Crippen LogP contribution in [0.3, 0.4) is 0 Å². The average molecular weight is 198 g/mol. The number of amidine groups is 2. The molecule has 0 aliphatic carbocycles. The van der Waals surface area contributed by atoms with Crippen LogP contribution in [0.2, 0.25) is 0 Å². The van der Waals surface area contributed by atoms with Gasteiger partial charge in [0.15, 0.2) is 11.7 Å². The Hall–Kier alpha value is -1.06. The molecule has 4 heteroatoms. The summed E-state index contributed by atoms with van der Waals surface area (Å²) in [7, 11) is 0. The van der Waals surface area contributed by atoms with Crippen LogP contribution in [0.25, 0.3) is 0 Å². The summed E-state index contributed by atoms with van der Waals surface area (Å²) < 4.78 is 0. The Morgan fingerprint density at radius 1 is 1.07 bits per heavy atom. The van der Waals surface area contributed by atoms with E-state index < -0.39 is 0 Å². The first kappa shape index (κ1) is 12.9. The van der Waals surface area contributed by atoms with Crippen LogP contribution in [-0.2, 0) is 0 Å². The lowest BCUT2D eigenvalue weighted by atomic mass is 10.1. The van der Waals surface area contributed by atoms with Crippen molar-refractivity contribution >= 4 is 11.7 Å². The molecule has 82 valence electrons. The first-order valence-electron chi connectivity index (χ1n) is 5.02. The van der Waals surface area contributed by atoms with Gasteiger partial charge in [-0.25, -0.2) is 0 Å². The van der Waals surface area contributed by atoms with Crippen LogP contribution in [0.15, 0.2) is 0 Å². The largest absolute Gasteiger partial charge is 0.381 e. The van der Waals surface area contributed by atoms with Gasteiger partial charge in [0.1, 0.15) is 0 Å². The molecule has 0 radical (unpaired) electrons. The van der Waals surface area contributed by atoms with Crippen molar-refractivity contribution in [3.05, 3.63) is 0 Å². The van der Waals surface area contributed by atoms with Gasteiger partial charge >= 0.3 is 0 Å². The molecule has 0 amide bonds. The molecular weight excluding hydrogens is 176 g/mol. The van der Waals surface area contributed by atoms with Gasteiger partial charge in [0.2, 0.25) is 0 Å². The van der Waals surface area contributed by atoms with Crippen molar-refractivity contribution in [1.82, 2.24) is 4.90 Å². The van der Waals surface area contributed by atoms with Gasteiger partial charge in [-0.05, 0) is 11.8 Å². The maximum atomic E-state index is 7.66. The average Bonchev–Trinajstić information content (AvgIpc) is 1.99. The van der Waals surface area contributed by atoms with Gasteiger partial charge < -0.3 is 10.6 Å². The van der Waals surface area contributed by atoms with Crippen molar-refractivity contribution in [2.75, 3.05) is 13.1 Å². The minimum absolute atomic E-state index is 0.146. The van der Waals surface area contributed by atoms with Crippen molar-refractivity contribution < 1.29 is 0 Å². The molecule has 0 rings (SSSR count). The Balaban J connectivity index is 4.38. The van der Waals surface area contributed by atoms with E-state index in [2.05, 4.69) is 27.7 Å². The maximum Gasteiger partial charge on any atom is 0.163 e. The van der Waals surface area contributed by atoms with Gasteiger partial charge in [0, 0.05) is 13.1 Å². The van der Waals surface area contributed by atoms with Crippen LogP contribution in [-0.4, -0.2) is 29.7 Å². The Kier molecular flexibility index (Phi) is 5.20. The third kappa shape index (κ3) is 4.84. The van der Waals surface area contributed by atoms with Crippen LogP contribution >= 0.6 is 0 Å². The van der Waals surface area contributed by atoms with Gasteiger partial charge in [0.25, 0.3) is 0 Å². The third-order valence-electron chi connectivity index (χ3n) is 1.74. The molecule has 0 spiro atoms. The first-order chi connectivity index (χ1) is 6.34. The van der Waals surface area contributed by atoms with Gasteiger partial charge in [-0.1, -0.05) is 27.7 Å². The molecule has 0 heterocycles. The number of nitrogens with zero attached hydrogens (tertiary/aromatic N) is 1. The molecule has 0 aromatic rings. The normalized spacial score (nSPS) is 10.7. The predicted molar refractivity (Wildman–Crippen MR) is 60.9 cm³/mol. The number of nitrogens with one attached hydrogen (secondary N) is 2. The van der Waals surface area contributed by atoms with E-state index in [0.29, 0.717) is 11.8 Å². The molecule has 4 nitrogen and oxygen atoms in total. The van der Waals surface area contributed by atoms with Crippen LogP contribution < -0.4 is 5.73 Å². The summed E-state index contributed by atoms with van der Waals surface area (Å²) in [6, 6.07) is 0. The second-order valence-electron chi connectivity index (χ2n) is 4.45. The number of hydrogen-bond donors (Lipinski definition) is 3. The highest BCUT2D eigenvalue weighted by Gasteiger charge is 2.14. The molecule has 0 aromatic heterocycles. The minimum Gasteiger partial charge on any atom is -0.381 e. The molecular formula is C10H22N4. The van der Waals surface area contributed by atoms with E-state index in [0.717, 1.165) is 13.1 Å². The fourth-order valence-corrected chi connectivity index (χ4v) is 1.31. The molecule has 14 heavy (non-hydrogen) atoms. The monoisotopic (exact) mass is 198 g/mol. The summed E-state index contributed by atoms with van der Waals surface area (Å²) in [5.74, 6) is 0.959. The zero-order chi connectivity index (χ0) is 11.3. The molecule has 0 bridgehead atoms. The zero-order valence-electron chi connectivity index (χ0n) is 9.59. The Morgan fingerprint density at radius 2 is 1.43 bits per heavy atom. The van der Waals surface area contributed by atoms with E-state index in [1.807, 2.05) is 4.90 Å². The fraction of sp³-hybridized carbons (Fsp3) is 0.800. The maximum absolute atomic E-state index is 7.66. The molecule has 0 fully saturated rings. The van der Waals surface area contributed by atoms with E-state index in [1.54, 1.807) is 0 Å². The summed E-state index contributed by atoms with van der Waals surface area (Å²) >= 11 is 0. The smallest absolute Gasteiger partial charge is 0.163 e. The predicted octanol–water partition coefficient (Wildman–Crippen LogP) is 1.51. The van der Waals surface area contributed by atoms with Crippen LogP contribution in [0.1, 0.15) is 27.7 Å². The molecule has 0 aromatic carbocycles. The van der Waals surface area contributed by atoms with E-state index in [4.69, 9.17) is 16.6 Å². The molecule has 4 N–H and O–H groups in total. The molecule has 0 saturated carbocycles. The first-order valence-corrected chi connectivity index (χ1v) is 5.02. The van der Waals surface area contributed by atoms with Gasteiger partial charge in [-0.2, -0.15) is 0 Å². The summed E-state index contributed by atoms with van der Waals surface area (Å²) in [5, 5.41) is 14.9. The topological polar surface area (TPSA) is 77.0 Å². The van der Waals surface area contributed by atoms with Crippen LogP contribution in [0.5, 0.6) is 0 Å². The highest BCUT2D eigenvalue weighted by Crippen LogP contribution is 2.04. The number of nitrogens with two attached hydrogens (primary N) is 1. The summed E-state index contributed by atoms with van der Waals surface area (Å²) in [6.45, 7) is 9.97. The summed E-state index contributed by atoms with van der Waals surface area (Å²) in [4.78, 5) is 1.87. The molecule has 0 saturated heterocycles. The van der Waals surface area contributed by atoms with Gasteiger partial charge in [0.05, 0.1) is 0 Å². The van der Waals surface area contributed by atoms with Crippen LogP contribution in [0, 0.1) is 22.7 Å². The van der Waals surface area contributed by atoms with Crippen molar-refractivity contribution in [3.8, 4) is 0 Å².